The van der Waals surface area contributed by atoms with E-state index in [1.807, 2.05) is 0 Å². The molecule has 1 aromatic carbocycles. The van der Waals surface area contributed by atoms with E-state index in [0.717, 1.165) is 24.7 Å². The van der Waals surface area contributed by atoms with E-state index in [-0.39, 0.29) is 0 Å². The molecule has 2 aromatic rings. The molecule has 1 aliphatic heterocycles. The fourth-order valence-corrected chi connectivity index (χ4v) is 3.38. The Morgan fingerprint density at radius 3 is 2.85 bits per heavy atom. The summed E-state index contributed by atoms with van der Waals surface area (Å²) in [7, 11) is 0. The largest absolute Gasteiger partial charge is 0.384 e. The standard InChI is InChI=1S/C16H19N3O/c1-2-6-11(5-1)15-18-16(20-19-15)13-9-12-7-3-4-8-14(12)17-10-13/h3-4,7-8,11,13,17H,1-2,5-6,9-10H2. The second-order valence-electron chi connectivity index (χ2n) is 5.91. The number of rotatable bonds is 2. The van der Waals surface area contributed by atoms with Crippen LogP contribution in [0.15, 0.2) is 28.8 Å². The van der Waals surface area contributed by atoms with E-state index in [2.05, 4.69) is 39.7 Å². The molecular formula is C16H19N3O. The quantitative estimate of drug-likeness (QED) is 0.906. The van der Waals surface area contributed by atoms with E-state index < -0.39 is 0 Å². The highest BCUT2D eigenvalue weighted by atomic mass is 16.5. The van der Waals surface area contributed by atoms with Crippen molar-refractivity contribution in [3.63, 3.8) is 0 Å². The van der Waals surface area contributed by atoms with E-state index in [9.17, 15) is 0 Å². The zero-order valence-corrected chi connectivity index (χ0v) is 11.5. The van der Waals surface area contributed by atoms with Gasteiger partial charge in [-0.15, -0.1) is 0 Å². The Hall–Kier alpha value is -1.84. The van der Waals surface area contributed by atoms with Gasteiger partial charge in [0.05, 0.1) is 5.92 Å². The van der Waals surface area contributed by atoms with E-state index >= 15 is 0 Å². The van der Waals surface area contributed by atoms with Crippen molar-refractivity contribution in [1.82, 2.24) is 10.1 Å². The normalized spacial score (nSPS) is 22.5. The van der Waals surface area contributed by atoms with Crippen LogP contribution in [0, 0.1) is 0 Å². The molecule has 0 spiro atoms. The van der Waals surface area contributed by atoms with Gasteiger partial charge in [0, 0.05) is 18.2 Å². The minimum Gasteiger partial charge on any atom is -0.384 e. The number of para-hydroxylation sites is 1. The molecule has 4 nitrogen and oxygen atoms in total. The number of anilines is 1. The molecular weight excluding hydrogens is 250 g/mol. The first-order valence-electron chi connectivity index (χ1n) is 7.55. The smallest absolute Gasteiger partial charge is 0.231 e. The zero-order chi connectivity index (χ0) is 13.4. The van der Waals surface area contributed by atoms with Gasteiger partial charge in [-0.3, -0.25) is 0 Å². The van der Waals surface area contributed by atoms with Gasteiger partial charge >= 0.3 is 0 Å². The first-order chi connectivity index (χ1) is 9.90. The molecule has 1 aliphatic carbocycles. The average Bonchev–Trinajstić information content (AvgIpc) is 3.17. The molecule has 20 heavy (non-hydrogen) atoms. The van der Waals surface area contributed by atoms with E-state index in [1.165, 1.54) is 36.9 Å². The third-order valence-corrected chi connectivity index (χ3v) is 4.55. The molecule has 2 heterocycles. The lowest BCUT2D eigenvalue weighted by Gasteiger charge is -2.23. The van der Waals surface area contributed by atoms with Crippen molar-refractivity contribution in [2.75, 3.05) is 11.9 Å². The molecule has 0 radical (unpaired) electrons. The summed E-state index contributed by atoms with van der Waals surface area (Å²) in [5.74, 6) is 2.55. The average molecular weight is 269 g/mol. The Labute approximate surface area is 118 Å². The minimum atomic E-state index is 0.299. The number of benzene rings is 1. The van der Waals surface area contributed by atoms with Crippen molar-refractivity contribution in [1.29, 1.82) is 0 Å². The fourth-order valence-electron chi connectivity index (χ4n) is 3.38. The number of hydrogen-bond donors (Lipinski definition) is 1. The number of hydrogen-bond acceptors (Lipinski definition) is 4. The maximum absolute atomic E-state index is 5.53. The van der Waals surface area contributed by atoms with Gasteiger partial charge in [-0.1, -0.05) is 36.2 Å². The van der Waals surface area contributed by atoms with Gasteiger partial charge in [0.2, 0.25) is 5.89 Å². The molecule has 0 saturated heterocycles. The molecule has 0 bridgehead atoms. The monoisotopic (exact) mass is 269 g/mol. The molecule has 1 N–H and O–H groups in total. The van der Waals surface area contributed by atoms with Crippen molar-refractivity contribution in [3.8, 4) is 0 Å². The minimum absolute atomic E-state index is 0.299. The van der Waals surface area contributed by atoms with Crippen molar-refractivity contribution in [2.45, 2.75) is 43.9 Å². The van der Waals surface area contributed by atoms with Crippen LogP contribution >= 0.6 is 0 Å². The Morgan fingerprint density at radius 1 is 1.10 bits per heavy atom. The summed E-state index contributed by atoms with van der Waals surface area (Å²) in [5, 5.41) is 7.68. The van der Waals surface area contributed by atoms with Crippen LogP contribution in [-0.4, -0.2) is 16.7 Å². The summed E-state index contributed by atoms with van der Waals surface area (Å²) in [6.07, 6.45) is 6.00. The molecule has 1 atom stereocenters. The van der Waals surface area contributed by atoms with Gasteiger partial charge in [0.1, 0.15) is 0 Å². The summed E-state index contributed by atoms with van der Waals surface area (Å²) >= 11 is 0. The van der Waals surface area contributed by atoms with Gasteiger partial charge in [0.15, 0.2) is 5.82 Å². The Bertz CT molecular complexity index is 601. The first kappa shape index (κ1) is 11.9. The highest BCUT2D eigenvalue weighted by Gasteiger charge is 2.27. The van der Waals surface area contributed by atoms with E-state index in [4.69, 9.17) is 4.52 Å². The van der Waals surface area contributed by atoms with Crippen LogP contribution < -0.4 is 5.32 Å². The van der Waals surface area contributed by atoms with Crippen molar-refractivity contribution in [3.05, 3.63) is 41.5 Å². The lowest BCUT2D eigenvalue weighted by atomic mass is 9.94. The molecule has 1 unspecified atom stereocenters. The van der Waals surface area contributed by atoms with E-state index in [1.54, 1.807) is 0 Å². The molecule has 2 aliphatic rings. The highest BCUT2D eigenvalue weighted by molar-refractivity contribution is 5.53. The third kappa shape index (κ3) is 2.09. The molecule has 1 fully saturated rings. The lowest BCUT2D eigenvalue weighted by molar-refractivity contribution is 0.347. The third-order valence-electron chi connectivity index (χ3n) is 4.55. The predicted octanol–water partition coefficient (Wildman–Crippen LogP) is 3.48. The molecule has 1 saturated carbocycles. The molecule has 4 rings (SSSR count). The summed E-state index contributed by atoms with van der Waals surface area (Å²) in [6.45, 7) is 0.878. The van der Waals surface area contributed by atoms with Crippen LogP contribution in [0.5, 0.6) is 0 Å². The summed E-state index contributed by atoms with van der Waals surface area (Å²) in [5.41, 5.74) is 2.57. The number of nitrogens with zero attached hydrogens (tertiary/aromatic N) is 2. The van der Waals surface area contributed by atoms with Gasteiger partial charge in [-0.25, -0.2) is 0 Å². The number of nitrogens with one attached hydrogen (secondary N) is 1. The molecule has 0 amide bonds. The molecule has 4 heteroatoms. The molecule has 104 valence electrons. The van der Waals surface area contributed by atoms with Crippen molar-refractivity contribution in [2.24, 2.45) is 0 Å². The van der Waals surface area contributed by atoms with Crippen LogP contribution in [0.25, 0.3) is 0 Å². The Kier molecular flexibility index (Phi) is 2.94. The van der Waals surface area contributed by atoms with Crippen molar-refractivity contribution < 1.29 is 4.52 Å². The van der Waals surface area contributed by atoms with Crippen molar-refractivity contribution >= 4 is 5.69 Å². The van der Waals surface area contributed by atoms with Crippen LogP contribution in [0.1, 0.15) is 54.8 Å². The number of fused-ring (bicyclic) bond motifs is 1. The van der Waals surface area contributed by atoms with Gasteiger partial charge in [0.25, 0.3) is 0 Å². The Morgan fingerprint density at radius 2 is 1.95 bits per heavy atom. The summed E-state index contributed by atoms with van der Waals surface area (Å²) < 4.78 is 5.53. The second-order valence-corrected chi connectivity index (χ2v) is 5.91. The van der Waals surface area contributed by atoms with Crippen LogP contribution in [0.4, 0.5) is 5.69 Å². The number of aromatic nitrogens is 2. The van der Waals surface area contributed by atoms with Crippen LogP contribution in [-0.2, 0) is 6.42 Å². The zero-order valence-electron chi connectivity index (χ0n) is 11.5. The maximum Gasteiger partial charge on any atom is 0.231 e. The first-order valence-corrected chi connectivity index (χ1v) is 7.55. The fraction of sp³-hybridized carbons (Fsp3) is 0.500. The SMILES string of the molecule is c1ccc2c(c1)CC(c1nc(C3CCCC3)no1)CN2. The van der Waals surface area contributed by atoms with Gasteiger partial charge in [-0.05, 0) is 30.9 Å². The van der Waals surface area contributed by atoms with E-state index in [0.29, 0.717) is 11.8 Å². The van der Waals surface area contributed by atoms with Gasteiger partial charge in [-0.2, -0.15) is 4.98 Å². The highest BCUT2D eigenvalue weighted by Crippen LogP contribution is 2.34. The second kappa shape index (κ2) is 4.93. The molecule has 1 aromatic heterocycles. The topological polar surface area (TPSA) is 51.0 Å². The lowest BCUT2D eigenvalue weighted by Crippen LogP contribution is -2.21. The van der Waals surface area contributed by atoms with Crippen LogP contribution in [0.3, 0.4) is 0 Å². The van der Waals surface area contributed by atoms with Gasteiger partial charge < -0.3 is 9.84 Å². The van der Waals surface area contributed by atoms with Crippen LogP contribution in [0.2, 0.25) is 0 Å². The summed E-state index contributed by atoms with van der Waals surface area (Å²) in [4.78, 5) is 4.67. The maximum atomic E-state index is 5.53. The predicted molar refractivity (Wildman–Crippen MR) is 76.9 cm³/mol. The summed E-state index contributed by atoms with van der Waals surface area (Å²) in [6, 6.07) is 8.45. The Balaban J connectivity index is 1.54.